The lowest BCUT2D eigenvalue weighted by molar-refractivity contribution is -0.131. The van der Waals surface area contributed by atoms with Gasteiger partial charge in [-0.1, -0.05) is 0 Å². The van der Waals surface area contributed by atoms with Crippen molar-refractivity contribution in [3.63, 3.8) is 0 Å². The maximum atomic E-state index is 12.1. The molecule has 2 fully saturated rings. The van der Waals surface area contributed by atoms with Crippen molar-refractivity contribution in [3.8, 4) is 0 Å². The van der Waals surface area contributed by atoms with Crippen molar-refractivity contribution in [2.45, 2.75) is 71.0 Å². The number of nitrogens with one attached hydrogen (secondary N) is 1. The summed E-state index contributed by atoms with van der Waals surface area (Å²) in [7, 11) is 0. The van der Waals surface area contributed by atoms with E-state index in [1.165, 1.54) is 19.3 Å². The van der Waals surface area contributed by atoms with Gasteiger partial charge in [0.2, 0.25) is 5.91 Å². The van der Waals surface area contributed by atoms with Crippen LogP contribution in [0.4, 0.5) is 0 Å². The third kappa shape index (κ3) is 4.19. The van der Waals surface area contributed by atoms with E-state index in [9.17, 15) is 4.79 Å². The molecule has 2 unspecified atom stereocenters. The van der Waals surface area contributed by atoms with Gasteiger partial charge in [-0.05, 0) is 52.9 Å². The monoisotopic (exact) mass is 282 g/mol. The Morgan fingerprint density at radius 2 is 2.00 bits per heavy atom. The highest BCUT2D eigenvalue weighted by molar-refractivity contribution is 5.80. The first-order valence-electron chi connectivity index (χ1n) is 8.00. The molecule has 0 aromatic heterocycles. The van der Waals surface area contributed by atoms with Crippen molar-refractivity contribution in [2.24, 2.45) is 5.92 Å². The van der Waals surface area contributed by atoms with Gasteiger partial charge in [0.1, 0.15) is 0 Å². The van der Waals surface area contributed by atoms with Gasteiger partial charge in [0, 0.05) is 43.8 Å². The van der Waals surface area contributed by atoms with E-state index < -0.39 is 0 Å². The molecule has 4 nitrogen and oxygen atoms in total. The molecule has 1 N–H and O–H groups in total. The van der Waals surface area contributed by atoms with E-state index in [2.05, 4.69) is 33.0 Å². The fourth-order valence-electron chi connectivity index (χ4n) is 3.42. The van der Waals surface area contributed by atoms with Gasteiger partial charge in [-0.15, -0.1) is 0 Å². The number of ether oxygens (including phenoxy) is 1. The van der Waals surface area contributed by atoms with Gasteiger partial charge in [-0.2, -0.15) is 0 Å². The van der Waals surface area contributed by atoms with Crippen LogP contribution in [0.5, 0.6) is 0 Å². The van der Waals surface area contributed by atoms with Crippen molar-refractivity contribution < 1.29 is 9.53 Å². The highest BCUT2D eigenvalue weighted by Crippen LogP contribution is 2.24. The van der Waals surface area contributed by atoms with Crippen molar-refractivity contribution in [2.75, 3.05) is 19.8 Å². The first kappa shape index (κ1) is 15.8. The summed E-state index contributed by atoms with van der Waals surface area (Å²) in [5.74, 6) is 1.07. The molecule has 20 heavy (non-hydrogen) atoms. The minimum Gasteiger partial charge on any atom is -0.381 e. The van der Waals surface area contributed by atoms with Gasteiger partial charge >= 0.3 is 0 Å². The zero-order valence-electron chi connectivity index (χ0n) is 13.4. The van der Waals surface area contributed by atoms with Crippen LogP contribution in [0, 0.1) is 5.92 Å². The molecule has 0 spiro atoms. The first-order chi connectivity index (χ1) is 9.36. The van der Waals surface area contributed by atoms with E-state index >= 15 is 0 Å². The van der Waals surface area contributed by atoms with Crippen LogP contribution >= 0.6 is 0 Å². The molecule has 2 rings (SSSR count). The molecule has 0 radical (unpaired) electrons. The van der Waals surface area contributed by atoms with E-state index in [-0.39, 0.29) is 11.4 Å². The molecular weight excluding hydrogens is 252 g/mol. The first-order valence-corrected chi connectivity index (χ1v) is 8.00. The Kier molecular flexibility index (Phi) is 5.08. The number of rotatable bonds is 4. The van der Waals surface area contributed by atoms with Crippen LogP contribution in [-0.2, 0) is 9.53 Å². The third-order valence-electron chi connectivity index (χ3n) is 4.48. The molecule has 0 aromatic carbocycles. The maximum Gasteiger partial charge on any atom is 0.224 e. The standard InChI is InChI=1S/C16H30N2O2/c1-12(9-13-5-7-20-8-6-13)17-14-10-15(19)18(11-14)16(2,3)4/h12-14,17H,5-11H2,1-4H3. The Balaban J connectivity index is 1.77. The Bertz CT molecular complexity index is 332. The number of hydrogen-bond acceptors (Lipinski definition) is 3. The average Bonchev–Trinajstić information content (AvgIpc) is 2.71. The molecule has 0 saturated carbocycles. The van der Waals surface area contributed by atoms with Crippen LogP contribution in [0.2, 0.25) is 0 Å². The van der Waals surface area contributed by atoms with E-state index in [0.717, 1.165) is 25.7 Å². The van der Waals surface area contributed by atoms with Crippen LogP contribution in [0.3, 0.4) is 0 Å². The Labute approximate surface area is 123 Å². The molecule has 2 aliphatic heterocycles. The highest BCUT2D eigenvalue weighted by Gasteiger charge is 2.36. The minimum atomic E-state index is -0.0581. The second kappa shape index (κ2) is 6.44. The third-order valence-corrected chi connectivity index (χ3v) is 4.48. The number of nitrogens with zero attached hydrogens (tertiary/aromatic N) is 1. The number of carbonyl (C=O) groups is 1. The molecule has 1 amide bonds. The molecule has 2 saturated heterocycles. The molecule has 116 valence electrons. The predicted molar refractivity (Wildman–Crippen MR) is 80.6 cm³/mol. The number of hydrogen-bond donors (Lipinski definition) is 1. The molecular formula is C16H30N2O2. The second-order valence-corrected chi connectivity index (χ2v) is 7.44. The molecule has 2 atom stereocenters. The highest BCUT2D eigenvalue weighted by atomic mass is 16.5. The summed E-state index contributed by atoms with van der Waals surface area (Å²) in [5, 5.41) is 3.66. The van der Waals surface area contributed by atoms with Crippen LogP contribution in [0.15, 0.2) is 0 Å². The molecule has 0 aliphatic carbocycles. The quantitative estimate of drug-likeness (QED) is 0.859. The Morgan fingerprint density at radius 3 is 2.55 bits per heavy atom. The lowest BCUT2D eigenvalue weighted by Crippen LogP contribution is -2.45. The SMILES string of the molecule is CC(CC1CCOCC1)NC1CC(=O)N(C(C)(C)C)C1. The molecule has 2 heterocycles. The molecule has 2 aliphatic rings. The summed E-state index contributed by atoms with van der Waals surface area (Å²) < 4.78 is 5.41. The summed E-state index contributed by atoms with van der Waals surface area (Å²) in [4.78, 5) is 14.1. The van der Waals surface area contributed by atoms with Gasteiger partial charge in [0.05, 0.1) is 0 Å². The summed E-state index contributed by atoms with van der Waals surface area (Å²) >= 11 is 0. The average molecular weight is 282 g/mol. The van der Waals surface area contributed by atoms with Gasteiger partial charge < -0.3 is 15.0 Å². The van der Waals surface area contributed by atoms with Crippen LogP contribution in [0.25, 0.3) is 0 Å². The van der Waals surface area contributed by atoms with Crippen molar-refractivity contribution in [1.29, 1.82) is 0 Å². The second-order valence-electron chi connectivity index (χ2n) is 7.44. The minimum absolute atomic E-state index is 0.0581. The molecule has 4 heteroatoms. The zero-order valence-corrected chi connectivity index (χ0v) is 13.4. The summed E-state index contributed by atoms with van der Waals surface area (Å²) in [5.41, 5.74) is -0.0581. The van der Waals surface area contributed by atoms with Crippen molar-refractivity contribution in [1.82, 2.24) is 10.2 Å². The van der Waals surface area contributed by atoms with Gasteiger partial charge in [-0.25, -0.2) is 0 Å². The fourth-order valence-corrected chi connectivity index (χ4v) is 3.42. The summed E-state index contributed by atoms with van der Waals surface area (Å²) in [6, 6.07) is 0.799. The molecule has 0 bridgehead atoms. The summed E-state index contributed by atoms with van der Waals surface area (Å²) in [6.45, 7) is 11.3. The van der Waals surface area contributed by atoms with E-state index in [4.69, 9.17) is 4.74 Å². The number of amides is 1. The Morgan fingerprint density at radius 1 is 1.35 bits per heavy atom. The number of likely N-dealkylation sites (tertiary alicyclic amines) is 1. The van der Waals surface area contributed by atoms with Crippen LogP contribution in [-0.4, -0.2) is 48.2 Å². The van der Waals surface area contributed by atoms with Gasteiger partial charge in [-0.3, -0.25) is 4.79 Å². The normalized spacial score (nSPS) is 27.1. The van der Waals surface area contributed by atoms with Crippen LogP contribution in [0.1, 0.15) is 53.4 Å². The fraction of sp³-hybridized carbons (Fsp3) is 0.938. The van der Waals surface area contributed by atoms with Crippen LogP contribution < -0.4 is 5.32 Å². The lowest BCUT2D eigenvalue weighted by atomic mass is 9.93. The van der Waals surface area contributed by atoms with E-state index in [1.54, 1.807) is 0 Å². The van der Waals surface area contributed by atoms with Gasteiger partial charge in [0.25, 0.3) is 0 Å². The predicted octanol–water partition coefficient (Wildman–Crippen LogP) is 2.18. The molecule has 0 aromatic rings. The topological polar surface area (TPSA) is 41.6 Å². The zero-order chi connectivity index (χ0) is 14.8. The van der Waals surface area contributed by atoms with E-state index in [0.29, 0.717) is 18.5 Å². The smallest absolute Gasteiger partial charge is 0.224 e. The largest absolute Gasteiger partial charge is 0.381 e. The summed E-state index contributed by atoms with van der Waals surface area (Å²) in [6.07, 6.45) is 4.21. The van der Waals surface area contributed by atoms with Crippen molar-refractivity contribution >= 4 is 5.91 Å². The van der Waals surface area contributed by atoms with Gasteiger partial charge in [0.15, 0.2) is 0 Å². The number of carbonyl (C=O) groups excluding carboxylic acids is 1. The maximum absolute atomic E-state index is 12.1. The lowest BCUT2D eigenvalue weighted by Gasteiger charge is -2.32. The van der Waals surface area contributed by atoms with Crippen molar-refractivity contribution in [3.05, 3.63) is 0 Å². The Hall–Kier alpha value is -0.610. The van der Waals surface area contributed by atoms with E-state index in [1.807, 2.05) is 4.90 Å².